The Morgan fingerprint density at radius 2 is 1.84 bits per heavy atom. The Kier molecular flexibility index (Phi) is 6.36. The molecule has 1 aliphatic rings. The van der Waals surface area contributed by atoms with Crippen LogP contribution >= 0.6 is 11.6 Å². The van der Waals surface area contributed by atoms with E-state index >= 15 is 0 Å². The van der Waals surface area contributed by atoms with Crippen LogP contribution in [-0.2, 0) is 20.7 Å². The third kappa shape index (κ3) is 5.22. The predicted octanol–water partition coefficient (Wildman–Crippen LogP) is 4.33. The van der Waals surface area contributed by atoms with E-state index in [9.17, 15) is 18.8 Å². The van der Waals surface area contributed by atoms with E-state index in [-0.39, 0.29) is 12.2 Å². The second-order valence-electron chi connectivity index (χ2n) is 8.56. The van der Waals surface area contributed by atoms with Crippen LogP contribution in [0.1, 0.15) is 32.8 Å². The lowest BCUT2D eigenvalue weighted by Crippen LogP contribution is -2.44. The van der Waals surface area contributed by atoms with Gasteiger partial charge < -0.3 is 10.5 Å². The second kappa shape index (κ2) is 8.67. The number of imide groups is 1. The normalized spacial score (nSPS) is 18.9. The van der Waals surface area contributed by atoms with E-state index in [1.165, 1.54) is 12.1 Å². The van der Waals surface area contributed by atoms with Crippen LogP contribution in [0.2, 0.25) is 5.02 Å². The molecule has 1 saturated heterocycles. The largest absolute Gasteiger partial charge is 0.443 e. The lowest BCUT2D eigenvalue weighted by molar-refractivity contribution is -0.136. The molecule has 2 N–H and O–H groups in total. The molecule has 1 fully saturated rings. The number of primary amides is 1. The number of hydrogen-bond acceptors (Lipinski definition) is 4. The highest BCUT2D eigenvalue weighted by atomic mass is 35.5. The third-order valence-corrected chi connectivity index (χ3v) is 5.24. The molecule has 0 spiro atoms. The molecule has 3 rings (SSSR count). The van der Waals surface area contributed by atoms with Crippen molar-refractivity contribution in [1.82, 2.24) is 4.90 Å². The number of carbonyl (C=O) groups is 3. The number of benzene rings is 2. The van der Waals surface area contributed by atoms with Crippen molar-refractivity contribution in [2.75, 3.05) is 0 Å². The number of hydrogen-bond donors (Lipinski definition) is 1. The lowest BCUT2D eigenvalue weighted by atomic mass is 9.97. The van der Waals surface area contributed by atoms with Gasteiger partial charge >= 0.3 is 6.09 Å². The molecule has 2 aromatic rings. The fourth-order valence-electron chi connectivity index (χ4n) is 3.60. The van der Waals surface area contributed by atoms with Crippen LogP contribution in [0.25, 0.3) is 11.1 Å². The number of halogens is 2. The zero-order valence-corrected chi connectivity index (χ0v) is 18.3. The van der Waals surface area contributed by atoms with Crippen molar-refractivity contribution in [3.05, 3.63) is 58.9 Å². The highest BCUT2D eigenvalue weighted by molar-refractivity contribution is 6.30. The van der Waals surface area contributed by atoms with Crippen molar-refractivity contribution in [3.8, 4) is 11.1 Å². The number of carbonyl (C=O) groups excluding carboxylic acids is 3. The molecular weight excluding hydrogens is 423 g/mol. The molecule has 0 radical (unpaired) electrons. The Morgan fingerprint density at radius 3 is 2.42 bits per heavy atom. The number of nitrogens with zero attached hydrogens (tertiary/aromatic N) is 1. The van der Waals surface area contributed by atoms with Crippen LogP contribution in [0, 0.1) is 11.7 Å². The molecule has 0 aliphatic carbocycles. The number of nitrogens with two attached hydrogens (primary N) is 1. The molecule has 6 nitrogen and oxygen atoms in total. The smallest absolute Gasteiger partial charge is 0.417 e. The van der Waals surface area contributed by atoms with Gasteiger partial charge in [0.05, 0.1) is 0 Å². The van der Waals surface area contributed by atoms with Crippen LogP contribution in [-0.4, -0.2) is 34.5 Å². The van der Waals surface area contributed by atoms with Gasteiger partial charge in [-0.1, -0.05) is 35.9 Å². The molecular formula is C23H24ClFN2O4. The summed E-state index contributed by atoms with van der Waals surface area (Å²) in [6, 6.07) is 10.8. The first kappa shape index (κ1) is 22.7. The summed E-state index contributed by atoms with van der Waals surface area (Å²) in [6.45, 7) is 5.08. The average Bonchev–Trinajstić information content (AvgIpc) is 2.99. The molecule has 1 aliphatic heterocycles. The predicted molar refractivity (Wildman–Crippen MR) is 115 cm³/mol. The Balaban J connectivity index is 1.83. The summed E-state index contributed by atoms with van der Waals surface area (Å²) in [7, 11) is 0. The Labute approximate surface area is 185 Å². The second-order valence-corrected chi connectivity index (χ2v) is 8.99. The topological polar surface area (TPSA) is 89.7 Å². The van der Waals surface area contributed by atoms with E-state index in [2.05, 4.69) is 0 Å². The molecule has 3 amide bonds. The Bertz CT molecular complexity index is 1020. The lowest BCUT2D eigenvalue weighted by Gasteiger charge is -2.27. The molecule has 0 aromatic heterocycles. The van der Waals surface area contributed by atoms with Gasteiger partial charge in [-0.15, -0.1) is 0 Å². The van der Waals surface area contributed by atoms with Crippen molar-refractivity contribution in [2.45, 2.75) is 45.3 Å². The molecule has 31 heavy (non-hydrogen) atoms. The molecule has 164 valence electrons. The Morgan fingerprint density at radius 1 is 1.19 bits per heavy atom. The molecule has 8 heteroatoms. The van der Waals surface area contributed by atoms with Crippen molar-refractivity contribution in [3.63, 3.8) is 0 Å². The van der Waals surface area contributed by atoms with Gasteiger partial charge in [0.1, 0.15) is 17.3 Å². The quantitative estimate of drug-likeness (QED) is 0.708. The van der Waals surface area contributed by atoms with Gasteiger partial charge in [0.15, 0.2) is 0 Å². The molecule has 2 atom stereocenters. The summed E-state index contributed by atoms with van der Waals surface area (Å²) in [5.41, 5.74) is 6.39. The molecule has 0 bridgehead atoms. The first-order valence-electron chi connectivity index (χ1n) is 9.86. The van der Waals surface area contributed by atoms with Gasteiger partial charge in [0.25, 0.3) is 0 Å². The maximum absolute atomic E-state index is 14.1. The SMILES string of the molecule is CC(C)(C)OC(=O)N1C(=O)C(C(N)=O)C[C@H]1Cc1ccc(-c2cc(Cl)ccc2F)cc1. The van der Waals surface area contributed by atoms with E-state index < -0.39 is 35.5 Å². The average molecular weight is 447 g/mol. The minimum Gasteiger partial charge on any atom is -0.443 e. The van der Waals surface area contributed by atoms with E-state index in [1.807, 2.05) is 0 Å². The van der Waals surface area contributed by atoms with Crippen LogP contribution in [0.5, 0.6) is 0 Å². The van der Waals surface area contributed by atoms with Crippen LogP contribution in [0.3, 0.4) is 0 Å². The fourth-order valence-corrected chi connectivity index (χ4v) is 3.77. The maximum atomic E-state index is 14.1. The van der Waals surface area contributed by atoms with Crippen LogP contribution < -0.4 is 5.73 Å². The van der Waals surface area contributed by atoms with E-state index in [0.29, 0.717) is 22.6 Å². The van der Waals surface area contributed by atoms with Gasteiger partial charge in [-0.05, 0) is 62.9 Å². The first-order valence-corrected chi connectivity index (χ1v) is 10.2. The zero-order chi connectivity index (χ0) is 22.9. The summed E-state index contributed by atoms with van der Waals surface area (Å²) >= 11 is 5.97. The number of rotatable bonds is 4. The van der Waals surface area contributed by atoms with E-state index in [4.69, 9.17) is 22.1 Å². The molecule has 2 aromatic carbocycles. The maximum Gasteiger partial charge on any atom is 0.417 e. The standard InChI is InChI=1S/C23H24ClFN2O4/c1-23(2,3)31-22(30)27-16(12-18(20(26)28)21(27)29)10-13-4-6-14(7-5-13)17-11-15(24)8-9-19(17)25/h4-9,11,16,18H,10,12H2,1-3H3,(H2,26,28)/t16-,18?/m1/s1. The van der Waals surface area contributed by atoms with E-state index in [1.54, 1.807) is 51.1 Å². The van der Waals surface area contributed by atoms with Gasteiger partial charge in [-0.2, -0.15) is 0 Å². The van der Waals surface area contributed by atoms with Crippen molar-refractivity contribution in [1.29, 1.82) is 0 Å². The fraction of sp³-hybridized carbons (Fsp3) is 0.348. The molecule has 0 saturated carbocycles. The van der Waals surface area contributed by atoms with Crippen molar-refractivity contribution in [2.24, 2.45) is 11.7 Å². The molecule has 1 unspecified atom stereocenters. The van der Waals surface area contributed by atoms with Gasteiger partial charge in [0, 0.05) is 16.6 Å². The highest BCUT2D eigenvalue weighted by Crippen LogP contribution is 2.31. The highest BCUT2D eigenvalue weighted by Gasteiger charge is 2.47. The number of likely N-dealkylation sites (tertiary alicyclic amines) is 1. The van der Waals surface area contributed by atoms with Crippen molar-refractivity contribution >= 4 is 29.5 Å². The summed E-state index contributed by atoms with van der Waals surface area (Å²) in [6.07, 6.45) is -0.366. The van der Waals surface area contributed by atoms with E-state index in [0.717, 1.165) is 10.5 Å². The first-order chi connectivity index (χ1) is 14.5. The summed E-state index contributed by atoms with van der Waals surface area (Å²) in [5.74, 6) is -2.88. The van der Waals surface area contributed by atoms with Crippen molar-refractivity contribution < 1.29 is 23.5 Å². The minimum atomic E-state index is -1.07. The zero-order valence-electron chi connectivity index (χ0n) is 17.5. The van der Waals surface area contributed by atoms with Gasteiger partial charge in [-0.3, -0.25) is 9.59 Å². The third-order valence-electron chi connectivity index (χ3n) is 5.01. The van der Waals surface area contributed by atoms with Gasteiger partial charge in [-0.25, -0.2) is 14.1 Å². The monoisotopic (exact) mass is 446 g/mol. The number of amides is 3. The summed E-state index contributed by atoms with van der Waals surface area (Å²) in [5, 5.41) is 0.426. The van der Waals surface area contributed by atoms with Crippen LogP contribution in [0.15, 0.2) is 42.5 Å². The molecule has 1 heterocycles. The minimum absolute atomic E-state index is 0.123. The summed E-state index contributed by atoms with van der Waals surface area (Å²) < 4.78 is 19.5. The number of ether oxygens (including phenoxy) is 1. The van der Waals surface area contributed by atoms with Gasteiger partial charge in [0.2, 0.25) is 11.8 Å². The summed E-state index contributed by atoms with van der Waals surface area (Å²) in [4.78, 5) is 38.0. The van der Waals surface area contributed by atoms with Crippen LogP contribution in [0.4, 0.5) is 9.18 Å². The Hall–Kier alpha value is -2.93.